The highest BCUT2D eigenvalue weighted by Crippen LogP contribution is 2.39. The maximum absolute atomic E-state index is 13.6. The van der Waals surface area contributed by atoms with E-state index >= 15 is 0 Å². The monoisotopic (exact) mass is 467 g/mol. The van der Waals surface area contributed by atoms with Crippen molar-refractivity contribution in [2.24, 2.45) is 0 Å². The van der Waals surface area contributed by atoms with Crippen molar-refractivity contribution in [2.45, 2.75) is 44.8 Å². The van der Waals surface area contributed by atoms with E-state index in [0.29, 0.717) is 41.3 Å². The molecule has 0 aliphatic carbocycles. The van der Waals surface area contributed by atoms with Crippen LogP contribution < -0.4 is 10.2 Å². The van der Waals surface area contributed by atoms with Gasteiger partial charge in [-0.2, -0.15) is 0 Å². The zero-order chi connectivity index (χ0) is 22.9. The number of benzene rings is 2. The average molecular weight is 468 g/mol. The molecule has 1 fully saturated rings. The van der Waals surface area contributed by atoms with Crippen LogP contribution in [0.5, 0.6) is 5.75 Å². The van der Waals surface area contributed by atoms with Crippen molar-refractivity contribution in [1.82, 2.24) is 4.90 Å². The van der Waals surface area contributed by atoms with Gasteiger partial charge in [0.15, 0.2) is 5.43 Å². The van der Waals surface area contributed by atoms with Gasteiger partial charge in [0.05, 0.1) is 29.7 Å². The van der Waals surface area contributed by atoms with E-state index in [1.807, 2.05) is 24.3 Å². The van der Waals surface area contributed by atoms with Crippen LogP contribution in [0.3, 0.4) is 0 Å². The first-order valence-corrected chi connectivity index (χ1v) is 11.9. The summed E-state index contributed by atoms with van der Waals surface area (Å²) in [6, 6.07) is 11.9. The second-order valence-corrected chi connectivity index (χ2v) is 9.02. The predicted octanol–water partition coefficient (Wildman–Crippen LogP) is 5.35. The Labute approximate surface area is 197 Å². The molecule has 0 radical (unpaired) electrons. The van der Waals surface area contributed by atoms with E-state index in [0.717, 1.165) is 37.0 Å². The Bertz CT molecular complexity index is 1230. The van der Waals surface area contributed by atoms with Crippen molar-refractivity contribution in [3.05, 3.63) is 74.6 Å². The highest BCUT2D eigenvalue weighted by atomic mass is 35.5. The van der Waals surface area contributed by atoms with E-state index in [4.69, 9.17) is 25.5 Å². The molecule has 1 aromatic heterocycles. The molecule has 0 saturated carbocycles. The van der Waals surface area contributed by atoms with Gasteiger partial charge in [-0.15, -0.1) is 0 Å². The fourth-order valence-electron chi connectivity index (χ4n) is 4.62. The molecule has 172 valence electrons. The number of nitrogens with zero attached hydrogens (tertiary/aromatic N) is 1. The average Bonchev–Trinajstić information content (AvgIpc) is 3.43. The number of hydrogen-bond acceptors (Lipinski definition) is 5. The number of halogens is 1. The van der Waals surface area contributed by atoms with E-state index in [1.54, 1.807) is 23.1 Å². The lowest BCUT2D eigenvalue weighted by molar-refractivity contribution is 0.0486. The van der Waals surface area contributed by atoms with Gasteiger partial charge >= 0.3 is 0 Å². The van der Waals surface area contributed by atoms with Gasteiger partial charge in [0.1, 0.15) is 11.3 Å². The molecular formula is C26H26ClNO5. The lowest BCUT2D eigenvalue weighted by Gasteiger charge is -2.27. The van der Waals surface area contributed by atoms with Crippen molar-refractivity contribution in [3.63, 3.8) is 0 Å². The van der Waals surface area contributed by atoms with E-state index in [1.165, 1.54) is 0 Å². The number of carbonyl (C=O) groups excluding carboxylic acids is 1. The largest absolute Gasteiger partial charge is 0.494 e. The summed E-state index contributed by atoms with van der Waals surface area (Å²) in [7, 11) is 0. The number of carbonyl (C=O) groups is 1. The van der Waals surface area contributed by atoms with Crippen molar-refractivity contribution in [1.29, 1.82) is 0 Å². The molecule has 2 atom stereocenters. The molecule has 0 spiro atoms. The zero-order valence-electron chi connectivity index (χ0n) is 18.5. The second-order valence-electron chi connectivity index (χ2n) is 8.58. The van der Waals surface area contributed by atoms with Crippen LogP contribution in [0.2, 0.25) is 5.02 Å². The Kier molecular flexibility index (Phi) is 6.13. The van der Waals surface area contributed by atoms with Crippen LogP contribution in [0.4, 0.5) is 0 Å². The van der Waals surface area contributed by atoms with Crippen molar-refractivity contribution < 1.29 is 18.7 Å². The fraction of sp³-hybridized carbons (Fsp3) is 0.385. The van der Waals surface area contributed by atoms with Crippen LogP contribution in [0.15, 0.2) is 51.7 Å². The summed E-state index contributed by atoms with van der Waals surface area (Å²) >= 11 is 6.15. The highest BCUT2D eigenvalue weighted by Gasteiger charge is 2.43. The third-order valence-corrected chi connectivity index (χ3v) is 6.55. The number of hydrogen-bond donors (Lipinski definition) is 0. The lowest BCUT2D eigenvalue weighted by Crippen LogP contribution is -2.36. The van der Waals surface area contributed by atoms with Gasteiger partial charge in [0, 0.05) is 18.2 Å². The lowest BCUT2D eigenvalue weighted by atomic mass is 9.98. The van der Waals surface area contributed by atoms with Gasteiger partial charge in [-0.1, -0.05) is 37.1 Å². The number of ether oxygens (including phenoxy) is 2. The summed E-state index contributed by atoms with van der Waals surface area (Å²) < 4.78 is 17.6. The van der Waals surface area contributed by atoms with Crippen LogP contribution >= 0.6 is 11.6 Å². The number of rotatable bonds is 7. The minimum atomic E-state index is -0.555. The molecule has 7 heteroatoms. The summed E-state index contributed by atoms with van der Waals surface area (Å²) in [4.78, 5) is 28.7. The van der Waals surface area contributed by atoms with Gasteiger partial charge in [0.25, 0.3) is 5.91 Å². The van der Waals surface area contributed by atoms with Crippen molar-refractivity contribution in [2.75, 3.05) is 19.8 Å². The van der Waals surface area contributed by atoms with Crippen molar-refractivity contribution in [3.8, 4) is 5.75 Å². The minimum absolute atomic E-state index is 0.0543. The molecule has 3 aromatic rings. The third-order valence-electron chi connectivity index (χ3n) is 6.31. The summed E-state index contributed by atoms with van der Waals surface area (Å²) in [6.07, 6.45) is 3.84. The Balaban J connectivity index is 1.58. The molecule has 1 saturated heterocycles. The SMILES string of the molecule is CCCCOc1ccc(C2c3c(oc4ccc(Cl)cc4c3=O)C(=O)N2CC2CCCO2)cc1. The first-order valence-electron chi connectivity index (χ1n) is 11.5. The third kappa shape index (κ3) is 4.13. The van der Waals surface area contributed by atoms with Crippen LogP contribution in [0.25, 0.3) is 11.0 Å². The maximum Gasteiger partial charge on any atom is 0.291 e. The zero-order valence-corrected chi connectivity index (χ0v) is 19.3. The number of unbranched alkanes of at least 4 members (excludes halogenated alkanes) is 1. The Morgan fingerprint density at radius 1 is 1.15 bits per heavy atom. The molecule has 1 amide bonds. The van der Waals surface area contributed by atoms with Crippen LogP contribution in [-0.4, -0.2) is 36.7 Å². The van der Waals surface area contributed by atoms with E-state index < -0.39 is 6.04 Å². The molecule has 2 aliphatic rings. The first-order chi connectivity index (χ1) is 16.1. The summed E-state index contributed by atoms with van der Waals surface area (Å²) in [6.45, 7) is 3.86. The molecule has 6 nitrogen and oxygen atoms in total. The van der Waals surface area contributed by atoms with Gasteiger partial charge in [-0.3, -0.25) is 9.59 Å². The van der Waals surface area contributed by atoms with Gasteiger partial charge < -0.3 is 18.8 Å². The fourth-order valence-corrected chi connectivity index (χ4v) is 4.79. The smallest absolute Gasteiger partial charge is 0.291 e. The molecule has 33 heavy (non-hydrogen) atoms. The Morgan fingerprint density at radius 3 is 2.70 bits per heavy atom. The molecule has 0 bridgehead atoms. The molecule has 0 N–H and O–H groups in total. The molecule has 2 aromatic carbocycles. The van der Waals surface area contributed by atoms with E-state index in [9.17, 15) is 9.59 Å². The minimum Gasteiger partial charge on any atom is -0.494 e. The second kappa shape index (κ2) is 9.20. The summed E-state index contributed by atoms with van der Waals surface area (Å²) in [5.41, 5.74) is 1.31. The quantitative estimate of drug-likeness (QED) is 0.438. The first kappa shape index (κ1) is 22.0. The highest BCUT2D eigenvalue weighted by molar-refractivity contribution is 6.31. The maximum atomic E-state index is 13.6. The predicted molar refractivity (Wildman–Crippen MR) is 126 cm³/mol. The molecular weight excluding hydrogens is 442 g/mol. The standard InChI is InChI=1S/C26H26ClNO5/c1-2-3-12-31-18-9-6-16(7-10-18)23-22-24(29)20-14-17(27)8-11-21(20)33-25(22)26(30)28(23)15-19-5-4-13-32-19/h6-11,14,19,23H,2-5,12-13,15H2,1H3. The van der Waals surface area contributed by atoms with Gasteiger partial charge in [-0.05, 0) is 55.2 Å². The number of amides is 1. The van der Waals surface area contributed by atoms with Crippen LogP contribution in [0.1, 0.15) is 60.3 Å². The Hall–Kier alpha value is -2.83. The summed E-state index contributed by atoms with van der Waals surface area (Å²) in [5.74, 6) is 0.573. The Morgan fingerprint density at radius 2 is 1.97 bits per heavy atom. The molecule has 5 rings (SSSR count). The van der Waals surface area contributed by atoms with Crippen LogP contribution in [0, 0.1) is 0 Å². The summed E-state index contributed by atoms with van der Waals surface area (Å²) in [5, 5.41) is 0.818. The van der Waals surface area contributed by atoms with Crippen molar-refractivity contribution >= 4 is 28.5 Å². The van der Waals surface area contributed by atoms with E-state index in [-0.39, 0.29) is 23.2 Å². The molecule has 3 heterocycles. The molecule has 2 unspecified atom stereocenters. The topological polar surface area (TPSA) is 69.0 Å². The number of fused-ring (bicyclic) bond motifs is 2. The van der Waals surface area contributed by atoms with Crippen LogP contribution in [-0.2, 0) is 4.74 Å². The van der Waals surface area contributed by atoms with Gasteiger partial charge in [-0.25, -0.2) is 0 Å². The molecule has 2 aliphatic heterocycles. The van der Waals surface area contributed by atoms with E-state index in [2.05, 4.69) is 6.92 Å². The normalized spacial score (nSPS) is 19.9. The van der Waals surface area contributed by atoms with Gasteiger partial charge in [0.2, 0.25) is 5.76 Å².